The molecule has 0 fully saturated rings. The highest BCUT2D eigenvalue weighted by Crippen LogP contribution is 2.30. The molecule has 0 spiro atoms. The maximum atomic E-state index is 10.1. The first-order valence-corrected chi connectivity index (χ1v) is 5.22. The summed E-state index contributed by atoms with van der Waals surface area (Å²) in [5.41, 5.74) is 3.64. The van der Waals surface area contributed by atoms with E-state index in [1.807, 2.05) is 26.0 Å². The molecule has 2 N–H and O–H groups in total. The molecular formula is C13H17NO. The van der Waals surface area contributed by atoms with Crippen LogP contribution in [0.25, 0.3) is 10.9 Å². The predicted molar refractivity (Wildman–Crippen MR) is 63.0 cm³/mol. The molecule has 0 saturated heterocycles. The lowest BCUT2D eigenvalue weighted by Crippen LogP contribution is -2.15. The topological polar surface area (TPSA) is 36.0 Å². The van der Waals surface area contributed by atoms with E-state index in [0.717, 1.165) is 11.1 Å². The molecule has 2 aromatic rings. The number of aryl methyl sites for hydroxylation is 2. The van der Waals surface area contributed by atoms with E-state index in [1.165, 1.54) is 16.6 Å². The van der Waals surface area contributed by atoms with Crippen molar-refractivity contribution in [2.75, 3.05) is 0 Å². The van der Waals surface area contributed by atoms with Crippen LogP contribution in [-0.2, 0) is 5.60 Å². The Morgan fingerprint density at radius 2 is 1.87 bits per heavy atom. The summed E-state index contributed by atoms with van der Waals surface area (Å²) in [6.07, 6.45) is 0. The van der Waals surface area contributed by atoms with Gasteiger partial charge in [-0.25, -0.2) is 0 Å². The van der Waals surface area contributed by atoms with Gasteiger partial charge in [-0.15, -0.1) is 0 Å². The van der Waals surface area contributed by atoms with Crippen LogP contribution in [0.1, 0.15) is 30.7 Å². The summed E-state index contributed by atoms with van der Waals surface area (Å²) in [5, 5.41) is 11.3. The molecule has 0 radical (unpaired) electrons. The number of fused-ring (bicyclic) bond motifs is 1. The number of nitrogens with one attached hydrogen (secondary N) is 1. The van der Waals surface area contributed by atoms with E-state index < -0.39 is 5.60 Å². The van der Waals surface area contributed by atoms with Gasteiger partial charge in [-0.3, -0.25) is 0 Å². The molecule has 0 unspecified atom stereocenters. The van der Waals surface area contributed by atoms with E-state index in [-0.39, 0.29) is 0 Å². The van der Waals surface area contributed by atoms with E-state index in [0.29, 0.717) is 0 Å². The van der Waals surface area contributed by atoms with Crippen molar-refractivity contribution >= 4 is 10.9 Å². The second-order valence-corrected chi connectivity index (χ2v) is 4.66. The van der Waals surface area contributed by atoms with Crippen molar-refractivity contribution in [2.24, 2.45) is 0 Å². The molecule has 2 heteroatoms. The van der Waals surface area contributed by atoms with Gasteiger partial charge in [-0.05, 0) is 33.3 Å². The van der Waals surface area contributed by atoms with Gasteiger partial charge in [-0.2, -0.15) is 0 Å². The van der Waals surface area contributed by atoms with Gasteiger partial charge in [0.05, 0.1) is 11.1 Å². The smallest absolute Gasteiger partial charge is 0.0860 e. The molecule has 1 aromatic carbocycles. The lowest BCUT2D eigenvalue weighted by Gasteiger charge is -2.18. The minimum absolute atomic E-state index is 0.802. The summed E-state index contributed by atoms with van der Waals surface area (Å²) in [5.74, 6) is 0. The highest BCUT2D eigenvalue weighted by Gasteiger charge is 2.20. The summed E-state index contributed by atoms with van der Waals surface area (Å²) in [7, 11) is 0. The first-order valence-electron chi connectivity index (χ1n) is 5.22. The standard InChI is InChI=1S/C13H17NO/c1-8-9(2)14-12-10(8)6-5-7-11(12)13(3,4)15/h5-7,14-15H,1-4H3. The normalized spacial score (nSPS) is 12.3. The second kappa shape index (κ2) is 3.11. The van der Waals surface area contributed by atoms with E-state index in [1.54, 1.807) is 0 Å². The maximum Gasteiger partial charge on any atom is 0.0860 e. The maximum absolute atomic E-state index is 10.1. The van der Waals surface area contributed by atoms with Crippen molar-refractivity contribution < 1.29 is 5.11 Å². The molecule has 15 heavy (non-hydrogen) atoms. The zero-order chi connectivity index (χ0) is 11.2. The first kappa shape index (κ1) is 10.2. The quantitative estimate of drug-likeness (QED) is 0.734. The summed E-state index contributed by atoms with van der Waals surface area (Å²) < 4.78 is 0. The van der Waals surface area contributed by atoms with Crippen molar-refractivity contribution in [1.29, 1.82) is 0 Å². The Kier molecular flexibility index (Phi) is 2.12. The van der Waals surface area contributed by atoms with Crippen LogP contribution in [0.3, 0.4) is 0 Å². The number of aromatic amines is 1. The molecule has 0 bridgehead atoms. The number of H-pyrrole nitrogens is 1. The van der Waals surface area contributed by atoms with Crippen LogP contribution in [-0.4, -0.2) is 10.1 Å². The zero-order valence-corrected chi connectivity index (χ0v) is 9.68. The zero-order valence-electron chi connectivity index (χ0n) is 9.68. The van der Waals surface area contributed by atoms with Crippen LogP contribution >= 0.6 is 0 Å². The van der Waals surface area contributed by atoms with Gasteiger partial charge in [0, 0.05) is 16.6 Å². The summed E-state index contributed by atoms with van der Waals surface area (Å²) in [4.78, 5) is 3.34. The fourth-order valence-electron chi connectivity index (χ4n) is 1.99. The molecule has 0 aliphatic carbocycles. The number of hydrogen-bond acceptors (Lipinski definition) is 1. The average Bonchev–Trinajstić information content (AvgIpc) is 2.41. The van der Waals surface area contributed by atoms with E-state index >= 15 is 0 Å². The molecule has 0 aliphatic rings. The molecule has 0 aliphatic heterocycles. The Labute approximate surface area is 89.9 Å². The fraction of sp³-hybridized carbons (Fsp3) is 0.385. The van der Waals surface area contributed by atoms with Gasteiger partial charge in [0.2, 0.25) is 0 Å². The van der Waals surface area contributed by atoms with Gasteiger partial charge >= 0.3 is 0 Å². The van der Waals surface area contributed by atoms with Gasteiger partial charge < -0.3 is 10.1 Å². The Hall–Kier alpha value is -1.28. The third-order valence-corrected chi connectivity index (χ3v) is 3.00. The van der Waals surface area contributed by atoms with Gasteiger partial charge in [-0.1, -0.05) is 18.2 Å². The Bertz CT molecular complexity index is 503. The summed E-state index contributed by atoms with van der Waals surface area (Å²) in [6, 6.07) is 6.05. The molecule has 1 heterocycles. The molecule has 2 nitrogen and oxygen atoms in total. The van der Waals surface area contributed by atoms with E-state index in [9.17, 15) is 5.11 Å². The molecule has 0 amide bonds. The summed E-state index contributed by atoms with van der Waals surface area (Å²) >= 11 is 0. The molecule has 80 valence electrons. The van der Waals surface area contributed by atoms with Crippen LogP contribution in [0, 0.1) is 13.8 Å². The van der Waals surface area contributed by atoms with Crippen LogP contribution < -0.4 is 0 Å². The lowest BCUT2D eigenvalue weighted by molar-refractivity contribution is 0.0800. The molecule has 0 saturated carbocycles. The number of aromatic nitrogens is 1. The van der Waals surface area contributed by atoms with E-state index in [4.69, 9.17) is 0 Å². The second-order valence-electron chi connectivity index (χ2n) is 4.66. The van der Waals surface area contributed by atoms with Gasteiger partial charge in [0.25, 0.3) is 0 Å². The highest BCUT2D eigenvalue weighted by atomic mass is 16.3. The average molecular weight is 203 g/mol. The largest absolute Gasteiger partial charge is 0.386 e. The Balaban J connectivity index is 2.83. The van der Waals surface area contributed by atoms with Crippen LogP contribution in [0.2, 0.25) is 0 Å². The number of benzene rings is 1. The van der Waals surface area contributed by atoms with Crippen LogP contribution in [0.15, 0.2) is 18.2 Å². The van der Waals surface area contributed by atoms with Crippen LogP contribution in [0.4, 0.5) is 0 Å². The number of para-hydroxylation sites is 1. The highest BCUT2D eigenvalue weighted by molar-refractivity contribution is 5.87. The fourth-order valence-corrected chi connectivity index (χ4v) is 1.99. The van der Waals surface area contributed by atoms with Crippen molar-refractivity contribution in [3.05, 3.63) is 35.0 Å². The number of rotatable bonds is 1. The third-order valence-electron chi connectivity index (χ3n) is 3.00. The molecule has 2 rings (SSSR count). The number of hydrogen-bond donors (Lipinski definition) is 2. The van der Waals surface area contributed by atoms with Crippen molar-refractivity contribution in [3.63, 3.8) is 0 Å². The molecule has 0 atom stereocenters. The monoisotopic (exact) mass is 203 g/mol. The van der Waals surface area contributed by atoms with Gasteiger partial charge in [0.1, 0.15) is 0 Å². The van der Waals surface area contributed by atoms with Crippen molar-refractivity contribution in [1.82, 2.24) is 4.98 Å². The molecule has 1 aromatic heterocycles. The van der Waals surface area contributed by atoms with Gasteiger partial charge in [0.15, 0.2) is 0 Å². The Morgan fingerprint density at radius 1 is 1.20 bits per heavy atom. The predicted octanol–water partition coefficient (Wildman–Crippen LogP) is 3.01. The van der Waals surface area contributed by atoms with Crippen molar-refractivity contribution in [2.45, 2.75) is 33.3 Å². The van der Waals surface area contributed by atoms with Crippen molar-refractivity contribution in [3.8, 4) is 0 Å². The number of aliphatic hydroxyl groups is 1. The molecular weight excluding hydrogens is 186 g/mol. The first-order chi connectivity index (χ1) is 6.91. The minimum Gasteiger partial charge on any atom is -0.386 e. The summed E-state index contributed by atoms with van der Waals surface area (Å²) in [6.45, 7) is 7.78. The SMILES string of the molecule is Cc1[nH]c2c(C(C)(C)O)cccc2c1C. The van der Waals surface area contributed by atoms with E-state index in [2.05, 4.69) is 24.9 Å². The lowest BCUT2D eigenvalue weighted by atomic mass is 9.96. The third kappa shape index (κ3) is 1.55. The Morgan fingerprint density at radius 3 is 2.47 bits per heavy atom. The minimum atomic E-state index is -0.802. The van der Waals surface area contributed by atoms with Crippen LogP contribution in [0.5, 0.6) is 0 Å².